The molecule has 2 rings (SSSR count). The molecule has 4 heteroatoms. The van der Waals surface area contributed by atoms with Gasteiger partial charge in [-0.1, -0.05) is 6.07 Å². The monoisotopic (exact) mass is 247 g/mol. The van der Waals surface area contributed by atoms with Gasteiger partial charge in [-0.15, -0.1) is 11.3 Å². The molecule has 1 aliphatic rings. The minimum absolute atomic E-state index is 0.0129. The van der Waals surface area contributed by atoms with Crippen molar-refractivity contribution in [2.75, 3.05) is 0 Å². The van der Waals surface area contributed by atoms with Crippen molar-refractivity contribution in [3.05, 3.63) is 22.4 Å². The van der Waals surface area contributed by atoms with Gasteiger partial charge in [0.1, 0.15) is 5.41 Å². The van der Waals surface area contributed by atoms with Crippen LogP contribution in [0, 0.1) is 16.7 Å². The van der Waals surface area contributed by atoms with Crippen LogP contribution in [0.3, 0.4) is 0 Å². The van der Waals surface area contributed by atoms with Crippen LogP contribution in [0.15, 0.2) is 17.5 Å². The summed E-state index contributed by atoms with van der Waals surface area (Å²) in [6.07, 6.45) is 2.54. The van der Waals surface area contributed by atoms with Gasteiger partial charge in [-0.25, -0.2) is 0 Å². The Labute approximate surface area is 104 Å². The standard InChI is InChI=1S/C13H13NO2S/c14-9-13(6-1-4-12(13)16)7-5-10(15)11-3-2-8-17-11/h2-3,8H,1,4-7H2/t13-/m1/s1. The molecule has 0 radical (unpaired) electrons. The van der Waals surface area contributed by atoms with Crippen molar-refractivity contribution in [2.24, 2.45) is 5.41 Å². The molecule has 0 bridgehead atoms. The fourth-order valence-corrected chi connectivity index (χ4v) is 2.95. The number of hydrogen-bond donors (Lipinski definition) is 0. The largest absolute Gasteiger partial charge is 0.298 e. The maximum atomic E-state index is 11.8. The number of rotatable bonds is 4. The molecular weight excluding hydrogens is 234 g/mol. The Morgan fingerprint density at radius 2 is 2.41 bits per heavy atom. The first kappa shape index (κ1) is 12.0. The quantitative estimate of drug-likeness (QED) is 0.768. The highest BCUT2D eigenvalue weighted by molar-refractivity contribution is 7.12. The first-order valence-corrected chi connectivity index (χ1v) is 6.57. The molecule has 0 N–H and O–H groups in total. The molecule has 1 aliphatic carbocycles. The molecule has 88 valence electrons. The van der Waals surface area contributed by atoms with Crippen molar-refractivity contribution >= 4 is 22.9 Å². The third-order valence-electron chi connectivity index (χ3n) is 3.33. The molecule has 3 nitrogen and oxygen atoms in total. The average Bonchev–Trinajstić information content (AvgIpc) is 2.96. The number of thiophene rings is 1. The van der Waals surface area contributed by atoms with E-state index in [-0.39, 0.29) is 11.6 Å². The van der Waals surface area contributed by atoms with Crippen LogP contribution in [0.1, 0.15) is 41.8 Å². The third-order valence-corrected chi connectivity index (χ3v) is 4.24. The average molecular weight is 247 g/mol. The fourth-order valence-electron chi connectivity index (χ4n) is 2.26. The van der Waals surface area contributed by atoms with Gasteiger partial charge in [0, 0.05) is 12.8 Å². The van der Waals surface area contributed by atoms with Crippen LogP contribution in [0.25, 0.3) is 0 Å². The van der Waals surface area contributed by atoms with Gasteiger partial charge in [-0.05, 0) is 30.7 Å². The van der Waals surface area contributed by atoms with E-state index in [1.54, 1.807) is 6.07 Å². The zero-order valence-corrected chi connectivity index (χ0v) is 10.3. The molecule has 1 fully saturated rings. The minimum atomic E-state index is -0.882. The molecule has 0 aromatic carbocycles. The van der Waals surface area contributed by atoms with E-state index in [4.69, 9.17) is 5.26 Å². The Hall–Kier alpha value is -1.47. The minimum Gasteiger partial charge on any atom is -0.298 e. The second-order valence-corrected chi connectivity index (χ2v) is 5.32. The Morgan fingerprint density at radius 3 is 2.94 bits per heavy atom. The van der Waals surface area contributed by atoms with Crippen LogP contribution in [-0.2, 0) is 4.79 Å². The van der Waals surface area contributed by atoms with Crippen molar-refractivity contribution in [3.8, 4) is 6.07 Å². The Balaban J connectivity index is 2.00. The van der Waals surface area contributed by atoms with E-state index in [2.05, 4.69) is 6.07 Å². The van der Waals surface area contributed by atoms with Crippen LogP contribution in [-0.4, -0.2) is 11.6 Å². The van der Waals surface area contributed by atoms with Crippen LogP contribution in [0.2, 0.25) is 0 Å². The SMILES string of the molecule is N#C[C@]1(CCC(=O)c2cccs2)CCCC1=O. The van der Waals surface area contributed by atoms with Crippen molar-refractivity contribution < 1.29 is 9.59 Å². The lowest BCUT2D eigenvalue weighted by atomic mass is 9.81. The zero-order chi connectivity index (χ0) is 12.3. The number of nitrogens with zero attached hydrogens (tertiary/aromatic N) is 1. The maximum Gasteiger partial charge on any atom is 0.172 e. The van der Waals surface area contributed by atoms with Crippen molar-refractivity contribution in [1.29, 1.82) is 5.26 Å². The number of Topliss-reactive ketones (excluding diaryl/α,β-unsaturated/α-hetero) is 2. The third kappa shape index (κ3) is 2.29. The summed E-state index contributed by atoms with van der Waals surface area (Å²) in [6, 6.07) is 5.74. The molecule has 1 atom stereocenters. The predicted octanol–water partition coefficient (Wildman–Crippen LogP) is 2.97. The molecule has 17 heavy (non-hydrogen) atoms. The van der Waals surface area contributed by atoms with E-state index in [9.17, 15) is 9.59 Å². The second-order valence-electron chi connectivity index (χ2n) is 4.37. The number of hydrogen-bond acceptors (Lipinski definition) is 4. The lowest BCUT2D eigenvalue weighted by Gasteiger charge is -2.17. The molecule has 1 aromatic rings. The summed E-state index contributed by atoms with van der Waals surface area (Å²) >= 11 is 1.40. The van der Waals surface area contributed by atoms with E-state index in [0.717, 1.165) is 6.42 Å². The van der Waals surface area contributed by atoms with Crippen LogP contribution in [0.4, 0.5) is 0 Å². The summed E-state index contributed by atoms with van der Waals surface area (Å²) in [5, 5.41) is 11.0. The van der Waals surface area contributed by atoms with E-state index >= 15 is 0 Å². The number of carbonyl (C=O) groups is 2. The summed E-state index contributed by atoms with van der Waals surface area (Å²) in [7, 11) is 0. The van der Waals surface area contributed by atoms with Gasteiger partial charge in [0.05, 0.1) is 10.9 Å². The number of nitriles is 1. The van der Waals surface area contributed by atoms with Gasteiger partial charge >= 0.3 is 0 Å². The highest BCUT2D eigenvalue weighted by Gasteiger charge is 2.42. The van der Waals surface area contributed by atoms with Gasteiger partial charge in [-0.2, -0.15) is 5.26 Å². The summed E-state index contributed by atoms with van der Waals surface area (Å²) in [6.45, 7) is 0. The van der Waals surface area contributed by atoms with Gasteiger partial charge < -0.3 is 0 Å². The lowest BCUT2D eigenvalue weighted by Crippen LogP contribution is -2.24. The molecule has 1 saturated carbocycles. The second kappa shape index (κ2) is 4.80. The van der Waals surface area contributed by atoms with Crippen molar-refractivity contribution in [2.45, 2.75) is 32.1 Å². The first-order chi connectivity index (χ1) is 8.18. The number of carbonyl (C=O) groups excluding carboxylic acids is 2. The fraction of sp³-hybridized carbons (Fsp3) is 0.462. The van der Waals surface area contributed by atoms with E-state index in [1.165, 1.54) is 11.3 Å². The smallest absolute Gasteiger partial charge is 0.172 e. The highest BCUT2D eigenvalue weighted by atomic mass is 32.1. The molecule has 0 amide bonds. The summed E-state index contributed by atoms with van der Waals surface area (Å²) in [5.74, 6) is 0.0494. The molecule has 0 saturated heterocycles. The predicted molar refractivity (Wildman–Crippen MR) is 64.8 cm³/mol. The molecule has 0 unspecified atom stereocenters. The van der Waals surface area contributed by atoms with Crippen LogP contribution in [0.5, 0.6) is 0 Å². The van der Waals surface area contributed by atoms with Crippen LogP contribution >= 0.6 is 11.3 Å². The Morgan fingerprint density at radius 1 is 1.59 bits per heavy atom. The molecular formula is C13H13NO2S. The van der Waals surface area contributed by atoms with Crippen molar-refractivity contribution in [3.63, 3.8) is 0 Å². The maximum absolute atomic E-state index is 11.8. The van der Waals surface area contributed by atoms with Crippen molar-refractivity contribution in [1.82, 2.24) is 0 Å². The molecule has 0 spiro atoms. The van der Waals surface area contributed by atoms with E-state index in [1.807, 2.05) is 11.4 Å². The van der Waals surface area contributed by atoms with E-state index < -0.39 is 5.41 Å². The van der Waals surface area contributed by atoms with Gasteiger partial charge in [-0.3, -0.25) is 9.59 Å². The van der Waals surface area contributed by atoms with Gasteiger partial charge in [0.25, 0.3) is 0 Å². The molecule has 1 heterocycles. The lowest BCUT2D eigenvalue weighted by molar-refractivity contribution is -0.123. The highest BCUT2D eigenvalue weighted by Crippen LogP contribution is 2.38. The van der Waals surface area contributed by atoms with E-state index in [0.29, 0.717) is 30.6 Å². The zero-order valence-electron chi connectivity index (χ0n) is 9.44. The molecule has 1 aromatic heterocycles. The Bertz CT molecular complexity index is 472. The summed E-state index contributed by atoms with van der Waals surface area (Å²) in [4.78, 5) is 24.2. The summed E-state index contributed by atoms with van der Waals surface area (Å²) < 4.78 is 0. The Kier molecular flexibility index (Phi) is 3.39. The topological polar surface area (TPSA) is 57.9 Å². The first-order valence-electron chi connectivity index (χ1n) is 5.69. The normalized spacial score (nSPS) is 23.6. The number of ketones is 2. The summed E-state index contributed by atoms with van der Waals surface area (Å²) in [5.41, 5.74) is -0.882. The van der Waals surface area contributed by atoms with Crippen LogP contribution < -0.4 is 0 Å². The van der Waals surface area contributed by atoms with Gasteiger partial charge in [0.15, 0.2) is 11.6 Å². The van der Waals surface area contributed by atoms with Gasteiger partial charge in [0.2, 0.25) is 0 Å². The molecule has 0 aliphatic heterocycles.